The molecular weight excluding hydrogens is 401 g/mol. The molecule has 1 aromatic heterocycles. The number of hydrogen-bond acceptors (Lipinski definition) is 4. The van der Waals surface area contributed by atoms with Gasteiger partial charge in [-0.05, 0) is 46.4 Å². The summed E-state index contributed by atoms with van der Waals surface area (Å²) >= 11 is 3.85. The number of aromatic nitrogens is 2. The number of non-ortho nitro benzene ring substituents is 1. The maximum atomic E-state index is 10.8. The first kappa shape index (κ1) is 14.3. The summed E-state index contributed by atoms with van der Waals surface area (Å²) in [6, 6.07) is 13.0. The highest BCUT2D eigenvalue weighted by Crippen LogP contribution is 2.25. The van der Waals surface area contributed by atoms with Crippen LogP contribution in [-0.4, -0.2) is 14.9 Å². The second kappa shape index (κ2) is 6.02. The van der Waals surface area contributed by atoms with Crippen LogP contribution in [0, 0.1) is 13.7 Å². The second-order valence-corrected chi connectivity index (χ2v) is 6.63. The normalized spacial score (nSPS) is 10.9. The molecule has 0 aliphatic rings. The molecule has 0 saturated carbocycles. The lowest BCUT2D eigenvalue weighted by Gasteiger charge is -1.99. The fourth-order valence-electron chi connectivity index (χ4n) is 1.89. The van der Waals surface area contributed by atoms with Gasteiger partial charge in [0.05, 0.1) is 16.0 Å². The fourth-order valence-corrected chi connectivity index (χ4v) is 3.09. The Morgan fingerprint density at radius 1 is 1.24 bits per heavy atom. The van der Waals surface area contributed by atoms with Crippen LogP contribution in [0.2, 0.25) is 0 Å². The van der Waals surface area contributed by atoms with E-state index in [1.54, 1.807) is 17.8 Å². The van der Waals surface area contributed by atoms with Gasteiger partial charge < -0.3 is 4.98 Å². The van der Waals surface area contributed by atoms with Crippen molar-refractivity contribution in [3.63, 3.8) is 0 Å². The number of rotatable bonds is 4. The van der Waals surface area contributed by atoms with E-state index in [2.05, 4.69) is 56.8 Å². The number of imidazole rings is 1. The van der Waals surface area contributed by atoms with E-state index in [4.69, 9.17) is 0 Å². The number of nitro groups is 1. The molecule has 0 radical (unpaired) electrons. The van der Waals surface area contributed by atoms with Crippen molar-refractivity contribution in [2.45, 2.75) is 10.9 Å². The highest BCUT2D eigenvalue weighted by atomic mass is 127. The first-order chi connectivity index (χ1) is 10.1. The molecule has 1 N–H and O–H groups in total. The van der Waals surface area contributed by atoms with E-state index in [-0.39, 0.29) is 5.69 Å². The SMILES string of the molecule is O=[N+]([O-])c1ccc2nc(SCc3ccc(I)cc3)[nH]c2c1. The Balaban J connectivity index is 1.78. The van der Waals surface area contributed by atoms with Gasteiger partial charge in [0.15, 0.2) is 5.16 Å². The molecule has 3 rings (SSSR count). The maximum absolute atomic E-state index is 10.8. The first-order valence-corrected chi connectivity index (χ1v) is 8.20. The molecule has 0 aliphatic carbocycles. The van der Waals surface area contributed by atoms with Crippen molar-refractivity contribution in [2.24, 2.45) is 0 Å². The number of aromatic amines is 1. The Morgan fingerprint density at radius 3 is 2.71 bits per heavy atom. The summed E-state index contributed by atoms with van der Waals surface area (Å²) in [6.07, 6.45) is 0. The summed E-state index contributed by atoms with van der Waals surface area (Å²) < 4.78 is 1.21. The van der Waals surface area contributed by atoms with Gasteiger partial charge in [-0.15, -0.1) is 0 Å². The maximum Gasteiger partial charge on any atom is 0.271 e. The standard InChI is InChI=1S/C14H10IN3O2S/c15-10-3-1-9(2-4-10)8-21-14-16-12-6-5-11(18(19)20)7-13(12)17-14/h1-7H,8H2,(H,16,17). The zero-order valence-corrected chi connectivity index (χ0v) is 13.7. The molecule has 0 unspecified atom stereocenters. The van der Waals surface area contributed by atoms with E-state index in [0.29, 0.717) is 5.52 Å². The molecule has 0 bridgehead atoms. The number of fused-ring (bicyclic) bond motifs is 1. The summed E-state index contributed by atoms with van der Waals surface area (Å²) in [5, 5.41) is 11.5. The lowest BCUT2D eigenvalue weighted by molar-refractivity contribution is -0.384. The molecule has 3 aromatic rings. The number of nitrogens with zero attached hydrogens (tertiary/aromatic N) is 2. The van der Waals surface area contributed by atoms with Crippen molar-refractivity contribution in [3.8, 4) is 0 Å². The Bertz CT molecular complexity index is 802. The van der Waals surface area contributed by atoms with Crippen LogP contribution >= 0.6 is 34.4 Å². The molecule has 21 heavy (non-hydrogen) atoms. The van der Waals surface area contributed by atoms with Crippen molar-refractivity contribution in [2.75, 3.05) is 0 Å². The monoisotopic (exact) mass is 411 g/mol. The predicted molar refractivity (Wildman–Crippen MR) is 91.5 cm³/mol. The highest BCUT2D eigenvalue weighted by Gasteiger charge is 2.09. The topological polar surface area (TPSA) is 71.8 Å². The zero-order valence-electron chi connectivity index (χ0n) is 10.7. The number of H-pyrrole nitrogens is 1. The van der Waals surface area contributed by atoms with Crippen LogP contribution in [-0.2, 0) is 5.75 Å². The van der Waals surface area contributed by atoms with Crippen LogP contribution in [0.4, 0.5) is 5.69 Å². The number of hydrogen-bond donors (Lipinski definition) is 1. The second-order valence-electron chi connectivity index (χ2n) is 4.42. The van der Waals surface area contributed by atoms with Gasteiger partial charge in [-0.25, -0.2) is 4.98 Å². The molecule has 5 nitrogen and oxygen atoms in total. The van der Waals surface area contributed by atoms with Gasteiger partial charge in [0.2, 0.25) is 0 Å². The molecule has 7 heteroatoms. The minimum absolute atomic E-state index is 0.0698. The molecule has 2 aromatic carbocycles. The average molecular weight is 411 g/mol. The minimum atomic E-state index is -0.404. The van der Waals surface area contributed by atoms with Gasteiger partial charge >= 0.3 is 0 Å². The van der Waals surface area contributed by atoms with Gasteiger partial charge in [0, 0.05) is 21.5 Å². The summed E-state index contributed by atoms with van der Waals surface area (Å²) in [4.78, 5) is 17.9. The predicted octanol–water partition coefficient (Wildman–Crippen LogP) is 4.37. The summed E-state index contributed by atoms with van der Waals surface area (Å²) in [7, 11) is 0. The number of nitrogens with one attached hydrogen (secondary N) is 1. The van der Waals surface area contributed by atoms with Crippen LogP contribution in [0.1, 0.15) is 5.56 Å². The number of thioether (sulfide) groups is 1. The molecular formula is C14H10IN3O2S. The Kier molecular flexibility index (Phi) is 4.11. The molecule has 0 fully saturated rings. The third kappa shape index (κ3) is 3.35. The van der Waals surface area contributed by atoms with E-state index < -0.39 is 4.92 Å². The Hall–Kier alpha value is -1.61. The van der Waals surface area contributed by atoms with Crippen LogP contribution in [0.15, 0.2) is 47.6 Å². The third-order valence-electron chi connectivity index (χ3n) is 2.94. The van der Waals surface area contributed by atoms with E-state index >= 15 is 0 Å². The van der Waals surface area contributed by atoms with Crippen LogP contribution in [0.3, 0.4) is 0 Å². The van der Waals surface area contributed by atoms with Gasteiger partial charge in [-0.2, -0.15) is 0 Å². The molecule has 0 aliphatic heterocycles. The minimum Gasteiger partial charge on any atom is -0.333 e. The van der Waals surface area contributed by atoms with Crippen LogP contribution in [0.5, 0.6) is 0 Å². The number of halogens is 1. The van der Waals surface area contributed by atoms with E-state index in [1.807, 2.05) is 0 Å². The fraction of sp³-hybridized carbons (Fsp3) is 0.0714. The van der Waals surface area contributed by atoms with Gasteiger partial charge in [0.1, 0.15) is 0 Å². The van der Waals surface area contributed by atoms with Gasteiger partial charge in [-0.3, -0.25) is 10.1 Å². The number of nitro benzene ring substituents is 1. The van der Waals surface area contributed by atoms with E-state index in [9.17, 15) is 10.1 Å². The van der Waals surface area contributed by atoms with Crippen LogP contribution in [0.25, 0.3) is 11.0 Å². The smallest absolute Gasteiger partial charge is 0.271 e. The van der Waals surface area contributed by atoms with Crippen molar-refractivity contribution in [3.05, 3.63) is 61.7 Å². The highest BCUT2D eigenvalue weighted by molar-refractivity contribution is 14.1. The summed E-state index contributed by atoms with van der Waals surface area (Å²) in [5.41, 5.74) is 2.72. The quantitative estimate of drug-likeness (QED) is 0.300. The average Bonchev–Trinajstić information content (AvgIpc) is 2.88. The van der Waals surface area contributed by atoms with Crippen LogP contribution < -0.4 is 0 Å². The molecule has 1 heterocycles. The Morgan fingerprint density at radius 2 is 2.00 bits per heavy atom. The lowest BCUT2D eigenvalue weighted by atomic mass is 10.2. The molecule has 0 atom stereocenters. The molecule has 0 spiro atoms. The molecule has 106 valence electrons. The first-order valence-electron chi connectivity index (χ1n) is 6.13. The lowest BCUT2D eigenvalue weighted by Crippen LogP contribution is -1.86. The van der Waals surface area contributed by atoms with Gasteiger partial charge in [-0.1, -0.05) is 23.9 Å². The van der Waals surface area contributed by atoms with Crippen molar-refractivity contribution < 1.29 is 4.92 Å². The number of benzene rings is 2. The third-order valence-corrected chi connectivity index (χ3v) is 4.61. The van der Waals surface area contributed by atoms with E-state index in [1.165, 1.54) is 21.3 Å². The summed E-state index contributed by atoms with van der Waals surface area (Å²) in [5.74, 6) is 0.804. The zero-order chi connectivity index (χ0) is 14.8. The largest absolute Gasteiger partial charge is 0.333 e. The molecule has 0 amide bonds. The van der Waals surface area contributed by atoms with E-state index in [0.717, 1.165) is 16.4 Å². The molecule has 0 saturated heterocycles. The van der Waals surface area contributed by atoms with Crippen molar-refractivity contribution in [1.82, 2.24) is 9.97 Å². The van der Waals surface area contributed by atoms with Gasteiger partial charge in [0.25, 0.3) is 5.69 Å². The summed E-state index contributed by atoms with van der Waals surface area (Å²) in [6.45, 7) is 0. The van der Waals surface area contributed by atoms with Crippen molar-refractivity contribution in [1.29, 1.82) is 0 Å². The Labute approximate surface area is 138 Å². The van der Waals surface area contributed by atoms with Crippen molar-refractivity contribution >= 4 is 51.1 Å².